The highest BCUT2D eigenvalue weighted by molar-refractivity contribution is 5.58. The van der Waals surface area contributed by atoms with Gasteiger partial charge in [-0.05, 0) is 68.7 Å². The second kappa shape index (κ2) is 8.44. The first-order valence-electron chi connectivity index (χ1n) is 11.7. The molecular weight excluding hydrogens is 375 g/mol. The normalized spacial score (nSPS) is 26.7. The number of pyridine rings is 1. The number of rotatable bonds is 4. The zero-order chi connectivity index (χ0) is 20.5. The summed E-state index contributed by atoms with van der Waals surface area (Å²) < 4.78 is 14.0. The molecule has 4 heterocycles. The van der Waals surface area contributed by atoms with Gasteiger partial charge in [0, 0.05) is 49.8 Å². The molecule has 3 fully saturated rings. The van der Waals surface area contributed by atoms with Gasteiger partial charge in [0.15, 0.2) is 0 Å². The summed E-state index contributed by atoms with van der Waals surface area (Å²) in [4.78, 5) is 12.3. The Kier molecular flexibility index (Phi) is 5.53. The van der Waals surface area contributed by atoms with E-state index in [1.54, 1.807) is 12.1 Å². The second-order valence-corrected chi connectivity index (χ2v) is 9.11. The Hall–Kier alpha value is -2.30. The number of halogens is 1. The molecule has 3 aliphatic heterocycles. The molecular formula is C25H33FN4. The molecule has 0 radical (unpaired) electrons. The van der Waals surface area contributed by atoms with Crippen LogP contribution in [0.2, 0.25) is 0 Å². The smallest absolute Gasteiger partial charge is 0.130 e. The highest BCUT2D eigenvalue weighted by Crippen LogP contribution is 2.41. The van der Waals surface area contributed by atoms with E-state index in [-0.39, 0.29) is 5.82 Å². The van der Waals surface area contributed by atoms with Gasteiger partial charge in [0.1, 0.15) is 11.6 Å². The zero-order valence-corrected chi connectivity index (χ0v) is 18.0. The van der Waals surface area contributed by atoms with Crippen LogP contribution in [0.15, 0.2) is 42.6 Å². The van der Waals surface area contributed by atoms with Gasteiger partial charge in [-0.1, -0.05) is 13.0 Å². The molecule has 1 aromatic carbocycles. The number of aromatic nitrogens is 1. The molecule has 160 valence electrons. The van der Waals surface area contributed by atoms with Crippen LogP contribution >= 0.6 is 0 Å². The number of hydrogen-bond donors (Lipinski definition) is 0. The van der Waals surface area contributed by atoms with Crippen LogP contribution in [0.1, 0.15) is 45.4 Å². The van der Waals surface area contributed by atoms with Crippen LogP contribution < -0.4 is 14.7 Å². The van der Waals surface area contributed by atoms with Gasteiger partial charge in [-0.2, -0.15) is 0 Å². The first kappa shape index (κ1) is 19.7. The maximum absolute atomic E-state index is 14.0. The molecule has 4 nitrogen and oxygen atoms in total. The molecule has 0 bridgehead atoms. The summed E-state index contributed by atoms with van der Waals surface area (Å²) in [5.41, 5.74) is 2.34. The molecule has 3 atom stereocenters. The minimum Gasteiger partial charge on any atom is -0.371 e. The average molecular weight is 409 g/mol. The van der Waals surface area contributed by atoms with Crippen molar-refractivity contribution in [3.05, 3.63) is 48.4 Å². The molecule has 2 aromatic rings. The zero-order valence-electron chi connectivity index (χ0n) is 18.0. The highest BCUT2D eigenvalue weighted by Gasteiger charge is 2.46. The number of benzene rings is 1. The number of piperidine rings is 2. The molecule has 5 heteroatoms. The predicted molar refractivity (Wildman–Crippen MR) is 122 cm³/mol. The van der Waals surface area contributed by atoms with Crippen molar-refractivity contribution in [2.24, 2.45) is 5.92 Å². The van der Waals surface area contributed by atoms with Crippen molar-refractivity contribution in [3.63, 3.8) is 0 Å². The van der Waals surface area contributed by atoms with Crippen LogP contribution in [-0.2, 0) is 0 Å². The summed E-state index contributed by atoms with van der Waals surface area (Å²) in [5.74, 6) is 1.54. The predicted octanol–water partition coefficient (Wildman–Crippen LogP) is 5.09. The maximum atomic E-state index is 14.0. The summed E-state index contributed by atoms with van der Waals surface area (Å²) in [6, 6.07) is 12.5. The summed E-state index contributed by atoms with van der Waals surface area (Å²) in [6.07, 6.45) is 9.35. The van der Waals surface area contributed by atoms with Gasteiger partial charge < -0.3 is 14.7 Å². The average Bonchev–Trinajstić information content (AvgIpc) is 3.19. The van der Waals surface area contributed by atoms with Gasteiger partial charge in [0.2, 0.25) is 0 Å². The van der Waals surface area contributed by atoms with Gasteiger partial charge in [0.05, 0.1) is 12.1 Å². The van der Waals surface area contributed by atoms with E-state index in [1.165, 1.54) is 31.4 Å². The first-order valence-corrected chi connectivity index (χ1v) is 11.7. The highest BCUT2D eigenvalue weighted by atomic mass is 19.1. The quantitative estimate of drug-likeness (QED) is 0.702. The van der Waals surface area contributed by atoms with Crippen molar-refractivity contribution in [2.45, 2.75) is 57.5 Å². The van der Waals surface area contributed by atoms with Gasteiger partial charge in [0.25, 0.3) is 0 Å². The summed E-state index contributed by atoms with van der Waals surface area (Å²) in [6.45, 7) is 6.65. The van der Waals surface area contributed by atoms with E-state index >= 15 is 0 Å². The Bertz CT molecular complexity index is 866. The van der Waals surface area contributed by atoms with Crippen LogP contribution in [-0.4, -0.2) is 43.2 Å². The van der Waals surface area contributed by atoms with Crippen molar-refractivity contribution >= 4 is 17.2 Å². The fourth-order valence-electron chi connectivity index (χ4n) is 5.91. The number of anilines is 3. The largest absolute Gasteiger partial charge is 0.371 e. The van der Waals surface area contributed by atoms with Gasteiger partial charge in [-0.15, -0.1) is 0 Å². The Morgan fingerprint density at radius 2 is 1.83 bits per heavy atom. The molecule has 0 N–H and O–H groups in total. The van der Waals surface area contributed by atoms with Crippen LogP contribution in [0.25, 0.3) is 0 Å². The Morgan fingerprint density at radius 3 is 2.63 bits per heavy atom. The second-order valence-electron chi connectivity index (χ2n) is 9.11. The number of hydrogen-bond acceptors (Lipinski definition) is 4. The number of nitrogens with zero attached hydrogens (tertiary/aromatic N) is 4. The lowest BCUT2D eigenvalue weighted by molar-refractivity contribution is 0.369. The minimum absolute atomic E-state index is 0.145. The molecule has 0 saturated carbocycles. The Labute approximate surface area is 179 Å². The van der Waals surface area contributed by atoms with E-state index in [4.69, 9.17) is 4.98 Å². The van der Waals surface area contributed by atoms with E-state index in [0.717, 1.165) is 50.5 Å². The lowest BCUT2D eigenvalue weighted by atomic mass is 9.88. The molecule has 5 rings (SSSR count). The molecule has 3 saturated heterocycles. The minimum atomic E-state index is -0.145. The van der Waals surface area contributed by atoms with Crippen molar-refractivity contribution < 1.29 is 4.39 Å². The van der Waals surface area contributed by atoms with E-state index in [9.17, 15) is 4.39 Å². The van der Waals surface area contributed by atoms with Crippen LogP contribution in [0.4, 0.5) is 21.6 Å². The molecule has 30 heavy (non-hydrogen) atoms. The summed E-state index contributed by atoms with van der Waals surface area (Å²) >= 11 is 0. The molecule has 0 amide bonds. The topological polar surface area (TPSA) is 22.6 Å². The fourth-order valence-corrected chi connectivity index (χ4v) is 5.91. The lowest BCUT2D eigenvalue weighted by Gasteiger charge is -2.43. The Morgan fingerprint density at radius 1 is 0.967 bits per heavy atom. The standard InChI is InChI=1S/C25H33FN4/c1-2-19-18-30(24-17-21(11-12-27-24)28-13-4-3-5-14-28)23-10-7-15-29(25(19)23)22-9-6-8-20(26)16-22/h6,8-9,11-12,16-17,19,23,25H,2-5,7,10,13-15,18H2,1H3/t19-,23+,25+/m0/s1. The molecule has 0 aliphatic carbocycles. The van der Waals surface area contributed by atoms with Crippen molar-refractivity contribution in [1.82, 2.24) is 4.98 Å². The van der Waals surface area contributed by atoms with E-state index in [2.05, 4.69) is 39.8 Å². The Balaban J connectivity index is 1.44. The van der Waals surface area contributed by atoms with Crippen LogP contribution in [0, 0.1) is 11.7 Å². The van der Waals surface area contributed by atoms with Crippen LogP contribution in [0.5, 0.6) is 0 Å². The summed E-state index contributed by atoms with van der Waals surface area (Å²) in [5, 5.41) is 0. The molecule has 0 unspecified atom stereocenters. The van der Waals surface area contributed by atoms with Crippen molar-refractivity contribution in [3.8, 4) is 0 Å². The fraction of sp³-hybridized carbons (Fsp3) is 0.560. The van der Waals surface area contributed by atoms with Crippen LogP contribution in [0.3, 0.4) is 0 Å². The third-order valence-corrected chi connectivity index (χ3v) is 7.38. The van der Waals surface area contributed by atoms with Gasteiger partial charge >= 0.3 is 0 Å². The van der Waals surface area contributed by atoms with E-state index in [1.807, 2.05) is 12.3 Å². The SMILES string of the molecule is CC[C@H]1CN(c2cc(N3CCCCC3)ccn2)[C@@H]2CCCN(c3cccc(F)c3)[C@H]12. The third kappa shape index (κ3) is 3.63. The number of fused-ring (bicyclic) bond motifs is 1. The first-order chi connectivity index (χ1) is 14.7. The maximum Gasteiger partial charge on any atom is 0.130 e. The molecule has 3 aliphatic rings. The summed E-state index contributed by atoms with van der Waals surface area (Å²) in [7, 11) is 0. The van der Waals surface area contributed by atoms with Crippen molar-refractivity contribution in [1.29, 1.82) is 0 Å². The lowest BCUT2D eigenvalue weighted by Crippen LogP contribution is -2.51. The van der Waals surface area contributed by atoms with Gasteiger partial charge in [-0.25, -0.2) is 9.37 Å². The van der Waals surface area contributed by atoms with E-state index in [0.29, 0.717) is 18.0 Å². The monoisotopic (exact) mass is 408 g/mol. The van der Waals surface area contributed by atoms with Crippen molar-refractivity contribution in [2.75, 3.05) is 40.9 Å². The molecule has 0 spiro atoms. The van der Waals surface area contributed by atoms with E-state index < -0.39 is 0 Å². The van der Waals surface area contributed by atoms with Gasteiger partial charge in [-0.3, -0.25) is 0 Å². The molecule has 1 aromatic heterocycles. The third-order valence-electron chi connectivity index (χ3n) is 7.38.